The Balaban J connectivity index is 1.84. The van der Waals surface area contributed by atoms with Gasteiger partial charge < -0.3 is 10.4 Å². The fourth-order valence-corrected chi connectivity index (χ4v) is 1.79. The molecule has 0 heterocycles. The van der Waals surface area contributed by atoms with Crippen molar-refractivity contribution in [2.45, 2.75) is 12.6 Å². The average molecular weight is 263 g/mol. The van der Waals surface area contributed by atoms with Gasteiger partial charge in [0.2, 0.25) is 0 Å². The van der Waals surface area contributed by atoms with Crippen LogP contribution < -0.4 is 5.32 Å². The summed E-state index contributed by atoms with van der Waals surface area (Å²) in [5.74, 6) is -0.640. The van der Waals surface area contributed by atoms with Gasteiger partial charge in [0.05, 0.1) is 6.10 Å². The van der Waals surface area contributed by atoms with Crippen LogP contribution in [-0.2, 0) is 6.54 Å². The van der Waals surface area contributed by atoms with Gasteiger partial charge in [-0.2, -0.15) is 0 Å². The molecule has 0 aliphatic carbocycles. The van der Waals surface area contributed by atoms with E-state index in [1.54, 1.807) is 24.3 Å². The van der Waals surface area contributed by atoms with Crippen molar-refractivity contribution < 1.29 is 13.9 Å². The Kier molecular flexibility index (Phi) is 4.60. The van der Waals surface area contributed by atoms with Gasteiger partial charge in [0.25, 0.3) is 0 Å². The van der Waals surface area contributed by atoms with Crippen molar-refractivity contribution in [2.24, 2.45) is 0 Å². The first-order chi connectivity index (χ1) is 9.15. The van der Waals surface area contributed by atoms with E-state index in [-0.39, 0.29) is 11.6 Å². The molecule has 0 saturated carbocycles. The van der Waals surface area contributed by atoms with Crippen LogP contribution in [-0.4, -0.2) is 11.7 Å². The van der Waals surface area contributed by atoms with Crippen LogP contribution in [0.25, 0.3) is 0 Å². The van der Waals surface area contributed by atoms with E-state index in [2.05, 4.69) is 5.32 Å². The average Bonchev–Trinajstić information content (AvgIpc) is 2.41. The topological polar surface area (TPSA) is 32.3 Å². The van der Waals surface area contributed by atoms with Crippen molar-refractivity contribution >= 4 is 0 Å². The summed E-state index contributed by atoms with van der Waals surface area (Å²) in [5, 5.41) is 12.9. The Morgan fingerprint density at radius 3 is 2.42 bits per heavy atom. The molecule has 0 saturated heterocycles. The lowest BCUT2D eigenvalue weighted by Crippen LogP contribution is -2.21. The van der Waals surface area contributed by atoms with Crippen LogP contribution in [0, 0.1) is 11.6 Å². The minimum atomic E-state index is -0.767. The van der Waals surface area contributed by atoms with E-state index in [4.69, 9.17) is 0 Å². The summed E-state index contributed by atoms with van der Waals surface area (Å²) in [6.45, 7) is 0.827. The van der Waals surface area contributed by atoms with Crippen LogP contribution >= 0.6 is 0 Å². The highest BCUT2D eigenvalue weighted by Crippen LogP contribution is 2.13. The van der Waals surface area contributed by atoms with Crippen molar-refractivity contribution in [2.75, 3.05) is 6.54 Å². The Hall–Kier alpha value is -1.78. The third kappa shape index (κ3) is 4.12. The first-order valence-corrected chi connectivity index (χ1v) is 6.04. The first-order valence-electron chi connectivity index (χ1n) is 6.04. The van der Waals surface area contributed by atoms with Crippen molar-refractivity contribution in [1.29, 1.82) is 0 Å². The summed E-state index contributed by atoms with van der Waals surface area (Å²) in [5.41, 5.74) is 1.46. The maximum atomic E-state index is 13.0. The second-order valence-corrected chi connectivity index (χ2v) is 4.33. The molecule has 2 aromatic rings. The Morgan fingerprint density at radius 1 is 1.00 bits per heavy atom. The molecule has 0 fully saturated rings. The monoisotopic (exact) mass is 263 g/mol. The maximum absolute atomic E-state index is 13.0. The Bertz CT molecular complexity index is 528. The van der Waals surface area contributed by atoms with Crippen LogP contribution in [0.4, 0.5) is 8.78 Å². The molecule has 19 heavy (non-hydrogen) atoms. The third-order valence-electron chi connectivity index (χ3n) is 2.81. The molecule has 2 aromatic carbocycles. The summed E-state index contributed by atoms with van der Waals surface area (Å²) < 4.78 is 25.7. The normalized spacial score (nSPS) is 12.4. The molecule has 2 rings (SSSR count). The van der Waals surface area contributed by atoms with Crippen molar-refractivity contribution in [3.63, 3.8) is 0 Å². The number of nitrogens with one attached hydrogen (secondary N) is 1. The highest BCUT2D eigenvalue weighted by molar-refractivity contribution is 5.19. The molecule has 0 aliphatic heterocycles. The predicted molar refractivity (Wildman–Crippen MR) is 69.5 cm³/mol. The Morgan fingerprint density at radius 2 is 1.74 bits per heavy atom. The largest absolute Gasteiger partial charge is 0.387 e. The zero-order valence-corrected chi connectivity index (χ0v) is 10.3. The van der Waals surface area contributed by atoms with Crippen LogP contribution in [0.15, 0.2) is 48.5 Å². The first kappa shape index (κ1) is 13.6. The van der Waals surface area contributed by atoms with Gasteiger partial charge in [-0.1, -0.05) is 24.3 Å². The second-order valence-electron chi connectivity index (χ2n) is 4.33. The summed E-state index contributed by atoms with van der Waals surface area (Å²) in [7, 11) is 0. The number of aliphatic hydroxyl groups excluding tert-OH is 1. The van der Waals surface area contributed by atoms with E-state index in [1.807, 2.05) is 0 Å². The van der Waals surface area contributed by atoms with E-state index in [9.17, 15) is 13.9 Å². The molecule has 1 atom stereocenters. The van der Waals surface area contributed by atoms with Gasteiger partial charge in [0.15, 0.2) is 0 Å². The number of hydrogen-bond donors (Lipinski definition) is 2. The van der Waals surface area contributed by atoms with Crippen molar-refractivity contribution in [3.8, 4) is 0 Å². The molecule has 100 valence electrons. The number of aliphatic hydroxyl groups is 1. The second kappa shape index (κ2) is 6.41. The van der Waals surface area contributed by atoms with Crippen LogP contribution in [0.5, 0.6) is 0 Å². The van der Waals surface area contributed by atoms with Gasteiger partial charge in [-0.05, 0) is 35.4 Å². The molecule has 0 bridgehead atoms. The number of rotatable bonds is 5. The summed E-state index contributed by atoms with van der Waals surface area (Å²) in [6, 6.07) is 12.0. The molecule has 2 nitrogen and oxygen atoms in total. The van der Waals surface area contributed by atoms with Crippen LogP contribution in [0.1, 0.15) is 17.2 Å². The lowest BCUT2D eigenvalue weighted by Gasteiger charge is -2.12. The van der Waals surface area contributed by atoms with Gasteiger partial charge in [-0.3, -0.25) is 0 Å². The van der Waals surface area contributed by atoms with Gasteiger partial charge in [0.1, 0.15) is 11.6 Å². The summed E-state index contributed by atoms with van der Waals surface area (Å²) in [6.07, 6.45) is -0.767. The summed E-state index contributed by atoms with van der Waals surface area (Å²) >= 11 is 0. The number of hydrogen-bond acceptors (Lipinski definition) is 2. The molecule has 0 spiro atoms. The molecule has 0 radical (unpaired) electrons. The minimum absolute atomic E-state index is 0.274. The molecule has 2 N–H and O–H groups in total. The Labute approximate surface area is 110 Å². The predicted octanol–water partition coefficient (Wildman–Crippen LogP) is 2.79. The lowest BCUT2D eigenvalue weighted by molar-refractivity contribution is 0.174. The molecule has 0 aromatic heterocycles. The van der Waals surface area contributed by atoms with E-state index >= 15 is 0 Å². The quantitative estimate of drug-likeness (QED) is 0.869. The fraction of sp³-hybridized carbons (Fsp3) is 0.200. The summed E-state index contributed by atoms with van der Waals surface area (Å²) in [4.78, 5) is 0. The molecular formula is C15H15F2NO. The smallest absolute Gasteiger partial charge is 0.123 e. The van der Waals surface area contributed by atoms with Gasteiger partial charge in [-0.25, -0.2) is 8.78 Å². The lowest BCUT2D eigenvalue weighted by atomic mass is 10.1. The van der Waals surface area contributed by atoms with E-state index in [0.29, 0.717) is 18.7 Å². The van der Waals surface area contributed by atoms with E-state index < -0.39 is 6.10 Å². The highest BCUT2D eigenvalue weighted by atomic mass is 19.1. The zero-order chi connectivity index (χ0) is 13.7. The zero-order valence-electron chi connectivity index (χ0n) is 10.3. The molecule has 1 unspecified atom stereocenters. The minimum Gasteiger partial charge on any atom is -0.387 e. The van der Waals surface area contributed by atoms with E-state index in [0.717, 1.165) is 5.56 Å². The molecule has 0 aliphatic rings. The standard InChI is InChI=1S/C15H15F2NO/c16-13-6-4-11(5-7-13)9-18-10-15(19)12-2-1-3-14(17)8-12/h1-8,15,18-19H,9-10H2. The molecular weight excluding hydrogens is 248 g/mol. The van der Waals surface area contributed by atoms with Crippen LogP contribution in [0.2, 0.25) is 0 Å². The SMILES string of the molecule is OC(CNCc1ccc(F)cc1)c1cccc(F)c1. The van der Waals surface area contributed by atoms with Gasteiger partial charge in [0, 0.05) is 13.1 Å². The van der Waals surface area contributed by atoms with Crippen molar-refractivity contribution in [3.05, 3.63) is 71.3 Å². The maximum Gasteiger partial charge on any atom is 0.123 e. The molecule has 0 amide bonds. The number of halogens is 2. The van der Waals surface area contributed by atoms with Gasteiger partial charge >= 0.3 is 0 Å². The van der Waals surface area contributed by atoms with Crippen molar-refractivity contribution in [1.82, 2.24) is 5.32 Å². The highest BCUT2D eigenvalue weighted by Gasteiger charge is 2.07. The molecule has 4 heteroatoms. The van der Waals surface area contributed by atoms with E-state index in [1.165, 1.54) is 24.3 Å². The number of benzene rings is 2. The van der Waals surface area contributed by atoms with Gasteiger partial charge in [-0.15, -0.1) is 0 Å². The van der Waals surface area contributed by atoms with Crippen LogP contribution in [0.3, 0.4) is 0 Å². The third-order valence-corrected chi connectivity index (χ3v) is 2.81. The fourth-order valence-electron chi connectivity index (χ4n) is 1.79.